The van der Waals surface area contributed by atoms with Gasteiger partial charge in [0.15, 0.2) is 0 Å². The van der Waals surface area contributed by atoms with Crippen LogP contribution < -0.4 is 0 Å². The van der Waals surface area contributed by atoms with Gasteiger partial charge in [0, 0.05) is 19.5 Å². The number of nitrogens with zero attached hydrogens (tertiary/aromatic N) is 1. The lowest BCUT2D eigenvalue weighted by Gasteiger charge is -2.35. The van der Waals surface area contributed by atoms with Gasteiger partial charge in [0.1, 0.15) is 12.2 Å². The molecule has 2 aliphatic rings. The molecule has 0 radical (unpaired) electrons. The van der Waals surface area contributed by atoms with E-state index >= 15 is 0 Å². The van der Waals surface area contributed by atoms with Gasteiger partial charge in [-0.3, -0.25) is 4.90 Å². The number of hydrogen-bond donors (Lipinski definition) is 2. The Morgan fingerprint density at radius 2 is 1.56 bits per heavy atom. The third-order valence-electron chi connectivity index (χ3n) is 4.61. The van der Waals surface area contributed by atoms with E-state index in [0.717, 1.165) is 12.0 Å². The molecule has 2 unspecified atom stereocenters. The predicted octanol–water partition coefficient (Wildman–Crippen LogP) is 3.45. The highest BCUT2D eigenvalue weighted by Crippen LogP contribution is 2.33. The van der Waals surface area contributed by atoms with Crippen LogP contribution in [0, 0.1) is 0 Å². The summed E-state index contributed by atoms with van der Waals surface area (Å²) >= 11 is 0. The van der Waals surface area contributed by atoms with Gasteiger partial charge in [-0.15, -0.1) is 0 Å². The summed E-state index contributed by atoms with van der Waals surface area (Å²) in [5.41, 5.74) is 1.02. The number of rotatable bonds is 2. The molecule has 0 bridgehead atoms. The molecule has 0 spiro atoms. The van der Waals surface area contributed by atoms with Gasteiger partial charge >= 0.3 is 0 Å². The number of alkyl halides is 4. The van der Waals surface area contributed by atoms with E-state index in [0.29, 0.717) is 19.5 Å². The number of aliphatic hydroxyl groups excluding tert-OH is 2. The van der Waals surface area contributed by atoms with Crippen molar-refractivity contribution in [2.24, 2.45) is 0 Å². The lowest BCUT2D eigenvalue weighted by atomic mass is 9.94. The molecule has 1 aromatic carbocycles. The Labute approximate surface area is 145 Å². The van der Waals surface area contributed by atoms with Crippen molar-refractivity contribution in [1.29, 1.82) is 0 Å². The second-order valence-electron chi connectivity index (χ2n) is 6.78. The summed E-state index contributed by atoms with van der Waals surface area (Å²) in [6.07, 6.45) is -1.34. The first kappa shape index (κ1) is 20.1. The molecule has 25 heavy (non-hydrogen) atoms. The number of hydrogen-bond acceptors (Lipinski definition) is 3. The molecule has 0 aromatic heterocycles. The molecule has 1 aliphatic carbocycles. The zero-order valence-electron chi connectivity index (χ0n) is 14.1. The van der Waals surface area contributed by atoms with E-state index < -0.39 is 24.1 Å². The Hall–Kier alpha value is -1.18. The smallest absolute Gasteiger partial charge is 0.285 e. The molecule has 1 heterocycles. The lowest BCUT2D eigenvalue weighted by molar-refractivity contribution is -0.151. The fourth-order valence-electron chi connectivity index (χ4n) is 3.05. The molecule has 1 aliphatic heterocycles. The van der Waals surface area contributed by atoms with Crippen LogP contribution in [0.5, 0.6) is 0 Å². The highest BCUT2D eigenvalue weighted by Gasteiger charge is 2.43. The minimum atomic E-state index is -2.98. The second-order valence-corrected chi connectivity index (χ2v) is 6.78. The summed E-state index contributed by atoms with van der Waals surface area (Å²) < 4.78 is 51.2. The van der Waals surface area contributed by atoms with Crippen molar-refractivity contribution in [1.82, 2.24) is 4.90 Å². The van der Waals surface area contributed by atoms with Crippen LogP contribution in [-0.4, -0.2) is 52.3 Å². The minimum Gasteiger partial charge on any atom is -0.387 e. The monoisotopic (exact) mass is 363 g/mol. The predicted molar refractivity (Wildman–Crippen MR) is 86.7 cm³/mol. The van der Waals surface area contributed by atoms with Crippen molar-refractivity contribution in [3.8, 4) is 0 Å². The number of benzene rings is 1. The van der Waals surface area contributed by atoms with Crippen LogP contribution in [0.3, 0.4) is 0 Å². The zero-order chi connectivity index (χ0) is 18.5. The first-order valence-electron chi connectivity index (χ1n) is 8.59. The molecule has 2 atom stereocenters. The van der Waals surface area contributed by atoms with Crippen LogP contribution >= 0.6 is 0 Å². The molecule has 2 N–H and O–H groups in total. The number of aliphatic hydroxyl groups is 2. The van der Waals surface area contributed by atoms with Crippen LogP contribution in [0.25, 0.3) is 0 Å². The third kappa shape index (κ3) is 5.94. The fourth-order valence-corrected chi connectivity index (χ4v) is 3.05. The summed E-state index contributed by atoms with van der Waals surface area (Å²) in [5, 5.41) is 17.8. The average Bonchev–Trinajstić information content (AvgIpc) is 2.55. The van der Waals surface area contributed by atoms with E-state index in [4.69, 9.17) is 10.2 Å². The number of halogens is 4. The van der Waals surface area contributed by atoms with Crippen molar-refractivity contribution < 1.29 is 27.8 Å². The van der Waals surface area contributed by atoms with Crippen LogP contribution in [0.4, 0.5) is 17.6 Å². The van der Waals surface area contributed by atoms with Gasteiger partial charge in [-0.05, 0) is 24.8 Å². The summed E-state index contributed by atoms with van der Waals surface area (Å²) in [4.78, 5) is 1.68. The molecular weight excluding hydrogens is 338 g/mol. The quantitative estimate of drug-likeness (QED) is 0.791. The maximum absolute atomic E-state index is 13.3. The van der Waals surface area contributed by atoms with Crippen LogP contribution in [0.15, 0.2) is 30.3 Å². The summed E-state index contributed by atoms with van der Waals surface area (Å²) in [6.45, 7) is 0.678. The van der Waals surface area contributed by atoms with Crippen LogP contribution in [-0.2, 0) is 6.54 Å². The van der Waals surface area contributed by atoms with Gasteiger partial charge in [0.2, 0.25) is 0 Å². The second kappa shape index (κ2) is 8.47. The summed E-state index contributed by atoms with van der Waals surface area (Å²) in [6, 6.07) is 9.53. The Balaban J connectivity index is 0.000000212. The largest absolute Gasteiger partial charge is 0.387 e. The van der Waals surface area contributed by atoms with Crippen molar-refractivity contribution in [3.63, 3.8) is 0 Å². The van der Waals surface area contributed by atoms with Crippen molar-refractivity contribution in [2.75, 3.05) is 13.1 Å². The molecular formula is C18H25F4NO2. The highest BCUT2D eigenvalue weighted by atomic mass is 19.3. The van der Waals surface area contributed by atoms with Gasteiger partial charge in [-0.1, -0.05) is 36.8 Å². The standard InChI is InChI=1S/C12H15F2NO.C6H10F2O/c13-12(14)9-15(7-6-11(12)16)8-10-4-2-1-3-5-10;7-6(8)4-2-1-3-5(6)9/h1-5,11,16H,6-9H2;5,9H,1-4H2. The molecule has 1 aromatic rings. The van der Waals surface area contributed by atoms with E-state index in [1.165, 1.54) is 0 Å². The van der Waals surface area contributed by atoms with E-state index in [9.17, 15) is 17.6 Å². The van der Waals surface area contributed by atoms with Gasteiger partial charge in [-0.25, -0.2) is 17.6 Å². The molecule has 1 saturated carbocycles. The van der Waals surface area contributed by atoms with E-state index in [2.05, 4.69) is 0 Å². The molecule has 3 nitrogen and oxygen atoms in total. The Morgan fingerprint density at radius 1 is 0.920 bits per heavy atom. The average molecular weight is 363 g/mol. The zero-order valence-corrected chi connectivity index (χ0v) is 14.1. The van der Waals surface area contributed by atoms with E-state index in [-0.39, 0.29) is 25.8 Å². The first-order chi connectivity index (χ1) is 11.7. The molecule has 0 amide bonds. The van der Waals surface area contributed by atoms with Crippen LogP contribution in [0.2, 0.25) is 0 Å². The Morgan fingerprint density at radius 3 is 2.08 bits per heavy atom. The normalized spacial score (nSPS) is 28.7. The SMILES string of the molecule is OC1CCCCC1(F)F.OC1CCN(Cc2ccccc2)CC1(F)F. The molecule has 7 heteroatoms. The number of likely N-dealkylation sites (tertiary alicyclic amines) is 1. The fraction of sp³-hybridized carbons (Fsp3) is 0.667. The molecule has 2 fully saturated rings. The Kier molecular flexibility index (Phi) is 6.82. The lowest BCUT2D eigenvalue weighted by Crippen LogP contribution is -2.51. The Bertz CT molecular complexity index is 527. The maximum Gasteiger partial charge on any atom is 0.285 e. The van der Waals surface area contributed by atoms with Crippen molar-refractivity contribution in [2.45, 2.75) is 62.7 Å². The molecule has 3 rings (SSSR count). The van der Waals surface area contributed by atoms with Crippen LogP contribution in [0.1, 0.15) is 37.7 Å². The first-order valence-corrected chi connectivity index (χ1v) is 8.59. The van der Waals surface area contributed by atoms with Gasteiger partial charge in [0.05, 0.1) is 6.54 Å². The minimum absolute atomic E-state index is 0.139. The van der Waals surface area contributed by atoms with Gasteiger partial charge in [0.25, 0.3) is 11.8 Å². The summed E-state index contributed by atoms with van der Waals surface area (Å²) in [7, 11) is 0. The topological polar surface area (TPSA) is 43.7 Å². The van der Waals surface area contributed by atoms with Gasteiger partial charge < -0.3 is 10.2 Å². The molecule has 1 saturated heterocycles. The van der Waals surface area contributed by atoms with Crippen molar-refractivity contribution >= 4 is 0 Å². The van der Waals surface area contributed by atoms with E-state index in [1.807, 2.05) is 30.3 Å². The molecule has 142 valence electrons. The highest BCUT2D eigenvalue weighted by molar-refractivity contribution is 5.14. The number of piperidine rings is 1. The summed E-state index contributed by atoms with van der Waals surface area (Å²) in [5.74, 6) is -5.79. The third-order valence-corrected chi connectivity index (χ3v) is 4.61. The van der Waals surface area contributed by atoms with Gasteiger partial charge in [-0.2, -0.15) is 0 Å². The maximum atomic E-state index is 13.3. The van der Waals surface area contributed by atoms with Crippen molar-refractivity contribution in [3.05, 3.63) is 35.9 Å². The van der Waals surface area contributed by atoms with E-state index in [1.54, 1.807) is 4.90 Å².